The number of H-pyrrole nitrogens is 1. The number of likely N-dealkylation sites (tertiary alicyclic amines) is 1. The van der Waals surface area contributed by atoms with Gasteiger partial charge in [-0.3, -0.25) is 19.8 Å². The van der Waals surface area contributed by atoms with Crippen LogP contribution >= 0.6 is 0 Å². The van der Waals surface area contributed by atoms with Gasteiger partial charge in [0.1, 0.15) is 0 Å². The van der Waals surface area contributed by atoms with Crippen molar-refractivity contribution in [2.75, 3.05) is 30.3 Å². The minimum absolute atomic E-state index is 0.105. The van der Waals surface area contributed by atoms with Crippen molar-refractivity contribution in [2.45, 2.75) is 46.6 Å². The van der Waals surface area contributed by atoms with E-state index in [0.29, 0.717) is 11.7 Å². The van der Waals surface area contributed by atoms with Crippen LogP contribution in [-0.2, 0) is 4.79 Å². The molecule has 0 aromatic carbocycles. The Balaban J connectivity index is 1.56. The molecule has 2 unspecified atom stereocenters. The molecule has 1 amide bonds. The molecule has 27 heavy (non-hydrogen) atoms. The van der Waals surface area contributed by atoms with Gasteiger partial charge < -0.3 is 10.6 Å². The third kappa shape index (κ3) is 5.29. The summed E-state index contributed by atoms with van der Waals surface area (Å²) in [6.45, 7) is 10.8. The molecule has 0 bridgehead atoms. The average Bonchev–Trinajstić information content (AvgIpc) is 3.06. The first-order valence-corrected chi connectivity index (χ1v) is 9.67. The zero-order chi connectivity index (χ0) is 19.4. The molecule has 1 aliphatic rings. The van der Waals surface area contributed by atoms with Crippen LogP contribution in [-0.4, -0.2) is 45.6 Å². The van der Waals surface area contributed by atoms with Gasteiger partial charge in [0.05, 0.1) is 5.69 Å². The number of piperidine rings is 1. The maximum atomic E-state index is 11.2. The van der Waals surface area contributed by atoms with Crippen molar-refractivity contribution in [2.24, 2.45) is 5.92 Å². The summed E-state index contributed by atoms with van der Waals surface area (Å²) < 4.78 is 0. The van der Waals surface area contributed by atoms with E-state index in [4.69, 9.17) is 0 Å². The molecule has 2 aromatic heterocycles. The van der Waals surface area contributed by atoms with E-state index in [0.717, 1.165) is 42.4 Å². The topological polar surface area (TPSA) is 85.9 Å². The molecule has 7 nitrogen and oxygen atoms in total. The summed E-state index contributed by atoms with van der Waals surface area (Å²) in [6.07, 6.45) is 2.43. The molecule has 0 radical (unpaired) electrons. The molecule has 7 heteroatoms. The Morgan fingerprint density at radius 2 is 2.07 bits per heavy atom. The van der Waals surface area contributed by atoms with Crippen LogP contribution in [0.4, 0.5) is 11.5 Å². The van der Waals surface area contributed by atoms with Gasteiger partial charge in [0.2, 0.25) is 5.91 Å². The van der Waals surface area contributed by atoms with Crippen LogP contribution in [0.5, 0.6) is 0 Å². The van der Waals surface area contributed by atoms with Crippen LogP contribution in [0, 0.1) is 19.8 Å². The quantitative estimate of drug-likeness (QED) is 0.727. The number of aromatic amines is 1. The van der Waals surface area contributed by atoms with Crippen LogP contribution in [0.1, 0.15) is 49.8 Å². The number of hydrogen-bond donors (Lipinski definition) is 3. The van der Waals surface area contributed by atoms with Gasteiger partial charge in [-0.05, 0) is 58.2 Å². The van der Waals surface area contributed by atoms with Gasteiger partial charge in [-0.2, -0.15) is 5.10 Å². The SMILES string of the molecule is CC(=O)Nc1cc(C(C)N2CCCC(CNc3cc(C)nc(C)c3)C2)[nH]n1. The van der Waals surface area contributed by atoms with Crippen LogP contribution in [0.3, 0.4) is 0 Å². The van der Waals surface area contributed by atoms with Gasteiger partial charge >= 0.3 is 0 Å². The molecule has 0 saturated carbocycles. The lowest BCUT2D eigenvalue weighted by atomic mass is 9.96. The van der Waals surface area contributed by atoms with Gasteiger partial charge in [0.25, 0.3) is 0 Å². The number of amides is 1. The first-order chi connectivity index (χ1) is 12.9. The summed E-state index contributed by atoms with van der Waals surface area (Å²) in [4.78, 5) is 18.1. The van der Waals surface area contributed by atoms with Gasteiger partial charge in [-0.15, -0.1) is 0 Å². The number of aryl methyl sites for hydroxylation is 2. The van der Waals surface area contributed by atoms with Gasteiger partial charge in [0.15, 0.2) is 5.82 Å². The molecule has 3 N–H and O–H groups in total. The number of nitrogens with zero attached hydrogens (tertiary/aromatic N) is 3. The zero-order valence-electron chi connectivity index (χ0n) is 16.7. The van der Waals surface area contributed by atoms with E-state index in [1.807, 2.05) is 19.9 Å². The molecule has 0 spiro atoms. The maximum absolute atomic E-state index is 11.2. The van der Waals surface area contributed by atoms with Crippen molar-refractivity contribution in [3.05, 3.63) is 35.3 Å². The molecule has 146 valence electrons. The Labute approximate surface area is 160 Å². The second kappa shape index (κ2) is 8.52. The second-order valence-corrected chi connectivity index (χ2v) is 7.59. The number of hydrogen-bond acceptors (Lipinski definition) is 5. The predicted molar refractivity (Wildman–Crippen MR) is 108 cm³/mol. The highest BCUT2D eigenvalue weighted by Crippen LogP contribution is 2.27. The maximum Gasteiger partial charge on any atom is 0.222 e. The fraction of sp³-hybridized carbons (Fsp3) is 0.550. The van der Waals surface area contributed by atoms with Crippen molar-refractivity contribution in [3.8, 4) is 0 Å². The number of carbonyl (C=O) groups excluding carboxylic acids is 1. The Bertz CT molecular complexity index is 766. The first kappa shape index (κ1) is 19.4. The summed E-state index contributed by atoms with van der Waals surface area (Å²) in [6, 6.07) is 6.37. The summed E-state index contributed by atoms with van der Waals surface area (Å²) in [5.41, 5.74) is 4.28. The molecule has 1 saturated heterocycles. The number of anilines is 2. The minimum Gasteiger partial charge on any atom is -0.385 e. The van der Waals surface area contributed by atoms with E-state index < -0.39 is 0 Å². The summed E-state index contributed by atoms with van der Waals surface area (Å²) in [5, 5.41) is 13.6. The van der Waals surface area contributed by atoms with Gasteiger partial charge in [-0.25, -0.2) is 0 Å². The van der Waals surface area contributed by atoms with Gasteiger partial charge in [0, 0.05) is 49.2 Å². The second-order valence-electron chi connectivity index (χ2n) is 7.59. The normalized spacial score (nSPS) is 18.9. The van der Waals surface area contributed by atoms with E-state index in [1.54, 1.807) is 0 Å². The zero-order valence-corrected chi connectivity index (χ0v) is 16.7. The van der Waals surface area contributed by atoms with E-state index in [2.05, 4.69) is 49.8 Å². The van der Waals surface area contributed by atoms with Gasteiger partial charge in [-0.1, -0.05) is 0 Å². The molecule has 1 aliphatic heterocycles. The molecule has 1 fully saturated rings. The molecule has 2 atom stereocenters. The van der Waals surface area contributed by atoms with Crippen LogP contribution in [0.15, 0.2) is 18.2 Å². The molecule has 3 heterocycles. The first-order valence-electron chi connectivity index (χ1n) is 9.67. The molecule has 0 aliphatic carbocycles. The highest BCUT2D eigenvalue weighted by molar-refractivity contribution is 5.87. The molecule has 2 aromatic rings. The van der Waals surface area contributed by atoms with Crippen LogP contribution in [0.25, 0.3) is 0 Å². The van der Waals surface area contributed by atoms with Crippen molar-refractivity contribution in [1.29, 1.82) is 0 Å². The minimum atomic E-state index is -0.105. The monoisotopic (exact) mass is 370 g/mol. The van der Waals surface area contributed by atoms with Crippen LogP contribution in [0.2, 0.25) is 0 Å². The average molecular weight is 371 g/mol. The largest absolute Gasteiger partial charge is 0.385 e. The Morgan fingerprint density at radius 1 is 1.33 bits per heavy atom. The highest BCUT2D eigenvalue weighted by Gasteiger charge is 2.25. The van der Waals surface area contributed by atoms with E-state index in [-0.39, 0.29) is 11.9 Å². The predicted octanol–water partition coefficient (Wildman–Crippen LogP) is 3.27. The van der Waals surface area contributed by atoms with E-state index in [1.165, 1.54) is 19.8 Å². The highest BCUT2D eigenvalue weighted by atomic mass is 16.1. The number of pyridine rings is 1. The van der Waals surface area contributed by atoms with Crippen LogP contribution < -0.4 is 10.6 Å². The summed E-state index contributed by atoms with van der Waals surface area (Å²) in [5.74, 6) is 1.09. The number of aromatic nitrogens is 3. The van der Waals surface area contributed by atoms with Crippen molar-refractivity contribution in [1.82, 2.24) is 20.1 Å². The third-order valence-electron chi connectivity index (χ3n) is 5.13. The smallest absolute Gasteiger partial charge is 0.222 e. The van der Waals surface area contributed by atoms with E-state index in [9.17, 15) is 4.79 Å². The Hall–Kier alpha value is -2.41. The Kier molecular flexibility index (Phi) is 6.11. The molecule has 3 rings (SSSR count). The standard InChI is InChI=1S/C20H30N6O/c1-13-8-18(9-14(2)22-13)21-11-17-6-5-7-26(12-17)15(3)19-10-20(25-24-19)23-16(4)27/h8-10,15,17H,5-7,11-12H2,1-4H3,(H,21,22)(H2,23,24,25,27). The number of nitrogens with one attached hydrogen (secondary N) is 3. The lowest BCUT2D eigenvalue weighted by molar-refractivity contribution is -0.114. The molecular formula is C20H30N6O. The van der Waals surface area contributed by atoms with Crippen molar-refractivity contribution >= 4 is 17.4 Å². The lowest BCUT2D eigenvalue weighted by Gasteiger charge is -2.36. The number of carbonyl (C=O) groups is 1. The van der Waals surface area contributed by atoms with Crippen molar-refractivity contribution in [3.63, 3.8) is 0 Å². The van der Waals surface area contributed by atoms with E-state index >= 15 is 0 Å². The van der Waals surface area contributed by atoms with Crippen molar-refractivity contribution < 1.29 is 4.79 Å². The number of rotatable bonds is 6. The third-order valence-corrected chi connectivity index (χ3v) is 5.13. The fourth-order valence-electron chi connectivity index (χ4n) is 3.81. The summed E-state index contributed by atoms with van der Waals surface area (Å²) in [7, 11) is 0. The Morgan fingerprint density at radius 3 is 2.78 bits per heavy atom. The summed E-state index contributed by atoms with van der Waals surface area (Å²) >= 11 is 0. The fourth-order valence-corrected chi connectivity index (χ4v) is 3.81. The lowest BCUT2D eigenvalue weighted by Crippen LogP contribution is -2.39. The molecular weight excluding hydrogens is 340 g/mol.